The van der Waals surface area contributed by atoms with Crippen molar-refractivity contribution < 1.29 is 19.1 Å². The number of rotatable bonds is 6. The highest BCUT2D eigenvalue weighted by molar-refractivity contribution is 6.31. The minimum atomic E-state index is -0.578. The van der Waals surface area contributed by atoms with Crippen LogP contribution < -0.4 is 15.4 Å². The lowest BCUT2D eigenvalue weighted by Gasteiger charge is -2.15. The second-order valence-corrected chi connectivity index (χ2v) is 6.39. The van der Waals surface area contributed by atoms with Crippen LogP contribution in [0, 0.1) is 5.92 Å². The smallest absolute Gasteiger partial charge is 0.325 e. The van der Waals surface area contributed by atoms with Crippen LogP contribution in [0.5, 0.6) is 5.75 Å². The van der Waals surface area contributed by atoms with Gasteiger partial charge in [-0.2, -0.15) is 0 Å². The van der Waals surface area contributed by atoms with Gasteiger partial charge in [0.15, 0.2) is 0 Å². The number of methoxy groups -OCH3 is 1. The topological polar surface area (TPSA) is 87.7 Å². The van der Waals surface area contributed by atoms with E-state index in [9.17, 15) is 14.4 Å². The van der Waals surface area contributed by atoms with Crippen molar-refractivity contribution in [1.29, 1.82) is 0 Å². The van der Waals surface area contributed by atoms with Gasteiger partial charge in [0.1, 0.15) is 18.3 Å². The second kappa shape index (κ2) is 7.53. The van der Waals surface area contributed by atoms with E-state index >= 15 is 0 Å². The molecule has 0 spiro atoms. The molecule has 0 aliphatic carbocycles. The Bertz CT molecular complexity index is 663. The van der Waals surface area contributed by atoms with Crippen LogP contribution in [0.1, 0.15) is 20.3 Å². The number of nitrogens with one attached hydrogen (secondary N) is 2. The first-order chi connectivity index (χ1) is 11.3. The van der Waals surface area contributed by atoms with Gasteiger partial charge in [0.05, 0.1) is 12.8 Å². The fraction of sp³-hybridized carbons (Fsp3) is 0.438. The summed E-state index contributed by atoms with van der Waals surface area (Å²) in [6, 6.07) is 3.64. The molecule has 1 heterocycles. The Balaban J connectivity index is 2.03. The van der Waals surface area contributed by atoms with E-state index in [-0.39, 0.29) is 18.4 Å². The van der Waals surface area contributed by atoms with Crippen LogP contribution in [-0.4, -0.2) is 42.4 Å². The Kier molecular flexibility index (Phi) is 5.66. The number of imide groups is 1. The molecule has 8 heteroatoms. The van der Waals surface area contributed by atoms with Crippen LogP contribution in [0.4, 0.5) is 10.5 Å². The number of carbonyl (C=O) groups excluding carboxylic acids is 3. The largest absolute Gasteiger partial charge is 0.495 e. The van der Waals surface area contributed by atoms with Gasteiger partial charge in [-0.25, -0.2) is 4.79 Å². The summed E-state index contributed by atoms with van der Waals surface area (Å²) in [7, 11) is 1.47. The van der Waals surface area contributed by atoms with E-state index in [1.54, 1.807) is 12.1 Å². The lowest BCUT2D eigenvalue weighted by atomic mass is 10.0. The van der Waals surface area contributed by atoms with E-state index in [1.807, 2.05) is 13.8 Å². The Hall–Kier alpha value is -2.28. The Morgan fingerprint density at radius 2 is 2.12 bits per heavy atom. The number of ether oxygens (including phenoxy) is 1. The maximum Gasteiger partial charge on any atom is 0.325 e. The molecule has 1 atom stereocenters. The van der Waals surface area contributed by atoms with Crippen molar-refractivity contribution in [2.24, 2.45) is 5.92 Å². The number of anilines is 1. The van der Waals surface area contributed by atoms with E-state index in [1.165, 1.54) is 13.2 Å². The maximum absolute atomic E-state index is 12.2. The quantitative estimate of drug-likeness (QED) is 0.768. The van der Waals surface area contributed by atoms with Gasteiger partial charge >= 0.3 is 6.03 Å². The van der Waals surface area contributed by atoms with Crippen molar-refractivity contribution in [3.8, 4) is 5.75 Å². The second-order valence-electron chi connectivity index (χ2n) is 5.95. The first-order valence-corrected chi connectivity index (χ1v) is 7.95. The highest BCUT2D eigenvalue weighted by atomic mass is 35.5. The monoisotopic (exact) mass is 353 g/mol. The van der Waals surface area contributed by atoms with E-state index in [4.69, 9.17) is 16.3 Å². The Labute approximate surface area is 145 Å². The molecule has 130 valence electrons. The third-order valence-electron chi connectivity index (χ3n) is 3.55. The molecule has 1 aromatic carbocycles. The number of hydrogen-bond donors (Lipinski definition) is 2. The summed E-state index contributed by atoms with van der Waals surface area (Å²) in [5.41, 5.74) is 0.376. The highest BCUT2D eigenvalue weighted by Crippen LogP contribution is 2.27. The summed E-state index contributed by atoms with van der Waals surface area (Å²) in [4.78, 5) is 37.2. The van der Waals surface area contributed by atoms with Crippen molar-refractivity contribution in [1.82, 2.24) is 10.2 Å². The lowest BCUT2D eigenvalue weighted by molar-refractivity contribution is -0.131. The van der Waals surface area contributed by atoms with Crippen molar-refractivity contribution >= 4 is 35.1 Å². The van der Waals surface area contributed by atoms with Crippen LogP contribution in [0.3, 0.4) is 0 Å². The van der Waals surface area contributed by atoms with E-state index in [0.29, 0.717) is 22.9 Å². The number of carbonyl (C=O) groups is 3. The summed E-state index contributed by atoms with van der Waals surface area (Å²) in [6.07, 6.45) is 0.533. The van der Waals surface area contributed by atoms with Crippen molar-refractivity contribution in [3.05, 3.63) is 23.2 Å². The number of hydrogen-bond acceptors (Lipinski definition) is 4. The molecule has 2 rings (SSSR count). The molecule has 2 N–H and O–H groups in total. The van der Waals surface area contributed by atoms with Gasteiger partial charge in [-0.05, 0) is 30.5 Å². The first kappa shape index (κ1) is 18.1. The molecule has 24 heavy (non-hydrogen) atoms. The molecule has 1 saturated heterocycles. The number of benzene rings is 1. The predicted molar refractivity (Wildman–Crippen MR) is 90.1 cm³/mol. The van der Waals surface area contributed by atoms with Crippen molar-refractivity contribution in [3.63, 3.8) is 0 Å². The van der Waals surface area contributed by atoms with Gasteiger partial charge in [0.25, 0.3) is 5.91 Å². The van der Waals surface area contributed by atoms with Gasteiger partial charge in [0, 0.05) is 5.02 Å². The zero-order valence-corrected chi connectivity index (χ0v) is 14.5. The first-order valence-electron chi connectivity index (χ1n) is 7.57. The highest BCUT2D eigenvalue weighted by Gasteiger charge is 2.39. The summed E-state index contributed by atoms with van der Waals surface area (Å²) in [6.45, 7) is 3.55. The fourth-order valence-corrected chi connectivity index (χ4v) is 2.64. The standard InChI is InChI=1S/C16H20ClN3O4/c1-9(2)6-12-15(22)20(16(23)19-12)8-14(21)18-11-7-10(17)4-5-13(11)24-3/h4-5,7,9,12H,6,8H2,1-3H3,(H,18,21)(H,19,23)/t12-/m0/s1. The van der Waals surface area contributed by atoms with Gasteiger partial charge in [-0.1, -0.05) is 25.4 Å². The number of amides is 4. The number of halogens is 1. The average Bonchev–Trinajstić information content (AvgIpc) is 2.74. The molecule has 1 aliphatic rings. The molecule has 1 aliphatic heterocycles. The summed E-state index contributed by atoms with van der Waals surface area (Å²) in [5, 5.41) is 5.63. The maximum atomic E-state index is 12.2. The van der Waals surface area contributed by atoms with Crippen molar-refractivity contribution in [2.75, 3.05) is 19.0 Å². The molecule has 0 aromatic heterocycles. The summed E-state index contributed by atoms with van der Waals surface area (Å²) >= 11 is 5.91. The SMILES string of the molecule is COc1ccc(Cl)cc1NC(=O)CN1C(=O)N[C@@H](CC(C)C)C1=O. The molecule has 0 saturated carbocycles. The van der Waals surface area contributed by atoms with Crippen LogP contribution in [-0.2, 0) is 9.59 Å². The zero-order chi connectivity index (χ0) is 17.9. The van der Waals surface area contributed by atoms with Crippen LogP contribution >= 0.6 is 11.6 Å². The number of nitrogens with zero attached hydrogens (tertiary/aromatic N) is 1. The third-order valence-corrected chi connectivity index (χ3v) is 3.79. The molecule has 1 aromatic rings. The van der Waals surface area contributed by atoms with Gasteiger partial charge in [-0.15, -0.1) is 0 Å². The van der Waals surface area contributed by atoms with Gasteiger partial charge < -0.3 is 15.4 Å². The molecule has 4 amide bonds. The predicted octanol–water partition coefficient (Wildman–Crippen LogP) is 2.25. The molecular weight excluding hydrogens is 334 g/mol. The fourth-order valence-electron chi connectivity index (χ4n) is 2.47. The average molecular weight is 354 g/mol. The zero-order valence-electron chi connectivity index (χ0n) is 13.8. The Morgan fingerprint density at radius 1 is 1.42 bits per heavy atom. The van der Waals surface area contributed by atoms with Crippen LogP contribution in [0.2, 0.25) is 5.02 Å². The Morgan fingerprint density at radius 3 is 2.75 bits per heavy atom. The van der Waals surface area contributed by atoms with Crippen LogP contribution in [0.15, 0.2) is 18.2 Å². The molecule has 7 nitrogen and oxygen atoms in total. The minimum Gasteiger partial charge on any atom is -0.495 e. The molecule has 0 bridgehead atoms. The minimum absolute atomic E-state index is 0.253. The molecule has 1 fully saturated rings. The van der Waals surface area contributed by atoms with E-state index in [0.717, 1.165) is 4.90 Å². The van der Waals surface area contributed by atoms with Gasteiger partial charge in [0.2, 0.25) is 5.91 Å². The van der Waals surface area contributed by atoms with E-state index in [2.05, 4.69) is 10.6 Å². The summed E-state index contributed by atoms with van der Waals surface area (Å²) in [5.74, 6) is -0.211. The molecule has 0 radical (unpaired) electrons. The number of urea groups is 1. The lowest BCUT2D eigenvalue weighted by Crippen LogP contribution is -2.38. The third kappa shape index (κ3) is 4.17. The van der Waals surface area contributed by atoms with Gasteiger partial charge in [-0.3, -0.25) is 14.5 Å². The van der Waals surface area contributed by atoms with Crippen LogP contribution in [0.25, 0.3) is 0 Å². The summed E-state index contributed by atoms with van der Waals surface area (Å²) < 4.78 is 5.14. The van der Waals surface area contributed by atoms with Crippen molar-refractivity contribution in [2.45, 2.75) is 26.3 Å². The van der Waals surface area contributed by atoms with E-state index < -0.39 is 18.0 Å². The normalized spacial score (nSPS) is 17.2. The molecular formula is C16H20ClN3O4. The molecule has 0 unspecified atom stereocenters.